The molecule has 5 nitrogen and oxygen atoms in total. The molecule has 7 heteroatoms. The van der Waals surface area contributed by atoms with E-state index < -0.39 is 0 Å². The summed E-state index contributed by atoms with van der Waals surface area (Å²) in [5, 5.41) is 9.17. The summed E-state index contributed by atoms with van der Waals surface area (Å²) in [5.41, 5.74) is 1.00. The molecule has 0 unspecified atom stereocenters. The number of carbonyl (C=O) groups is 1. The number of rotatable bonds is 6. The number of halogens is 1. The molecule has 1 amide bonds. The van der Waals surface area contributed by atoms with Crippen molar-refractivity contribution in [3.63, 3.8) is 0 Å². The maximum atomic E-state index is 12.0. The van der Waals surface area contributed by atoms with E-state index in [1.54, 1.807) is 0 Å². The fraction of sp³-hybridized carbons (Fsp3) is 0.400. The number of aromatic nitrogens is 3. The third-order valence-electron chi connectivity index (χ3n) is 3.38. The van der Waals surface area contributed by atoms with Gasteiger partial charge < -0.3 is 9.47 Å². The van der Waals surface area contributed by atoms with Gasteiger partial charge in [-0.3, -0.25) is 4.79 Å². The van der Waals surface area contributed by atoms with E-state index in [1.165, 1.54) is 11.8 Å². The van der Waals surface area contributed by atoms with Gasteiger partial charge in [-0.25, -0.2) is 0 Å². The molecule has 0 atom stereocenters. The van der Waals surface area contributed by atoms with Crippen molar-refractivity contribution in [3.8, 4) is 11.4 Å². The molecule has 0 aliphatic heterocycles. The SMILES string of the molecule is CCN(CC)C(=O)CSc1nnc(-c2ccc(Br)cc2)n1C. The summed E-state index contributed by atoms with van der Waals surface area (Å²) in [5.74, 6) is 1.31. The lowest BCUT2D eigenvalue weighted by atomic mass is 10.2. The van der Waals surface area contributed by atoms with Gasteiger partial charge >= 0.3 is 0 Å². The first-order valence-electron chi connectivity index (χ1n) is 7.12. The van der Waals surface area contributed by atoms with Gasteiger partial charge in [-0.1, -0.05) is 39.8 Å². The zero-order chi connectivity index (χ0) is 16.1. The standard InChI is InChI=1S/C15H19BrN4OS/c1-4-20(5-2)13(21)10-22-15-18-17-14(19(15)3)11-6-8-12(16)9-7-11/h6-9H,4-5,10H2,1-3H3. The van der Waals surface area contributed by atoms with E-state index >= 15 is 0 Å². The van der Waals surface area contributed by atoms with E-state index in [0.717, 1.165) is 34.1 Å². The van der Waals surface area contributed by atoms with Gasteiger partial charge in [0.05, 0.1) is 5.75 Å². The van der Waals surface area contributed by atoms with Crippen LogP contribution in [-0.2, 0) is 11.8 Å². The summed E-state index contributed by atoms with van der Waals surface area (Å²) in [4.78, 5) is 13.9. The molecule has 22 heavy (non-hydrogen) atoms. The molecular formula is C15H19BrN4OS. The van der Waals surface area contributed by atoms with E-state index in [1.807, 2.05) is 54.6 Å². The second-order valence-electron chi connectivity index (χ2n) is 4.73. The van der Waals surface area contributed by atoms with Crippen molar-refractivity contribution in [3.05, 3.63) is 28.7 Å². The molecule has 1 heterocycles. The lowest BCUT2D eigenvalue weighted by Crippen LogP contribution is -2.31. The van der Waals surface area contributed by atoms with Gasteiger partial charge in [-0.15, -0.1) is 10.2 Å². The largest absolute Gasteiger partial charge is 0.343 e. The number of hydrogen-bond donors (Lipinski definition) is 0. The summed E-state index contributed by atoms with van der Waals surface area (Å²) < 4.78 is 2.95. The molecule has 0 saturated heterocycles. The Balaban J connectivity index is 2.08. The minimum absolute atomic E-state index is 0.128. The van der Waals surface area contributed by atoms with Gasteiger partial charge in [0.2, 0.25) is 5.91 Å². The molecule has 0 spiro atoms. The number of carbonyl (C=O) groups excluding carboxylic acids is 1. The Hall–Kier alpha value is -1.34. The van der Waals surface area contributed by atoms with Crippen LogP contribution in [0.1, 0.15) is 13.8 Å². The Morgan fingerprint density at radius 3 is 2.45 bits per heavy atom. The van der Waals surface area contributed by atoms with Crippen LogP contribution in [0.25, 0.3) is 11.4 Å². The smallest absolute Gasteiger partial charge is 0.233 e. The summed E-state index contributed by atoms with van der Waals surface area (Å²) in [6.07, 6.45) is 0. The van der Waals surface area contributed by atoms with Crippen LogP contribution in [0.5, 0.6) is 0 Å². The van der Waals surface area contributed by atoms with Crippen LogP contribution in [0.4, 0.5) is 0 Å². The van der Waals surface area contributed by atoms with E-state index in [0.29, 0.717) is 5.75 Å². The number of benzene rings is 1. The molecular weight excluding hydrogens is 364 g/mol. The summed E-state index contributed by atoms with van der Waals surface area (Å²) >= 11 is 4.84. The van der Waals surface area contributed by atoms with Crippen LogP contribution in [-0.4, -0.2) is 44.4 Å². The monoisotopic (exact) mass is 382 g/mol. The first-order valence-corrected chi connectivity index (χ1v) is 8.90. The van der Waals surface area contributed by atoms with Gasteiger partial charge in [0.25, 0.3) is 0 Å². The van der Waals surface area contributed by atoms with Crippen molar-refractivity contribution < 1.29 is 4.79 Å². The lowest BCUT2D eigenvalue weighted by Gasteiger charge is -2.17. The first kappa shape index (κ1) is 17.0. The topological polar surface area (TPSA) is 51.0 Å². The third-order valence-corrected chi connectivity index (χ3v) is 4.91. The summed E-state index contributed by atoms with van der Waals surface area (Å²) in [6, 6.07) is 7.93. The number of nitrogens with zero attached hydrogens (tertiary/aromatic N) is 4. The Bertz CT molecular complexity index is 637. The molecule has 2 rings (SSSR count). The van der Waals surface area contributed by atoms with Crippen molar-refractivity contribution in [1.82, 2.24) is 19.7 Å². The number of thioether (sulfide) groups is 1. The summed E-state index contributed by atoms with van der Waals surface area (Å²) in [6.45, 7) is 5.44. The van der Waals surface area contributed by atoms with E-state index in [2.05, 4.69) is 26.1 Å². The van der Waals surface area contributed by atoms with Crippen molar-refractivity contribution >= 4 is 33.6 Å². The van der Waals surface area contributed by atoms with Crippen molar-refractivity contribution in [2.45, 2.75) is 19.0 Å². The van der Waals surface area contributed by atoms with Gasteiger partial charge in [-0.2, -0.15) is 0 Å². The molecule has 2 aromatic rings. The predicted octanol–water partition coefficient (Wildman–Crippen LogP) is 3.21. The molecule has 0 aliphatic rings. The van der Waals surface area contributed by atoms with Gasteiger partial charge in [0.15, 0.2) is 11.0 Å². The summed E-state index contributed by atoms with van der Waals surface area (Å²) in [7, 11) is 1.92. The van der Waals surface area contributed by atoms with Crippen LogP contribution < -0.4 is 0 Å². The average molecular weight is 383 g/mol. The molecule has 0 bridgehead atoms. The van der Waals surface area contributed by atoms with Crippen molar-refractivity contribution in [2.24, 2.45) is 7.05 Å². The molecule has 0 radical (unpaired) electrons. The third kappa shape index (κ3) is 3.89. The first-order chi connectivity index (χ1) is 10.6. The highest BCUT2D eigenvalue weighted by Gasteiger charge is 2.15. The molecule has 0 N–H and O–H groups in total. The van der Waals surface area contributed by atoms with Gasteiger partial charge in [0.1, 0.15) is 0 Å². The second-order valence-corrected chi connectivity index (χ2v) is 6.58. The molecule has 1 aromatic heterocycles. The zero-order valence-corrected chi connectivity index (χ0v) is 15.3. The molecule has 1 aromatic carbocycles. The van der Waals surface area contributed by atoms with Crippen molar-refractivity contribution in [1.29, 1.82) is 0 Å². The Kier molecular flexibility index (Phi) is 6.02. The van der Waals surface area contributed by atoms with E-state index in [4.69, 9.17) is 0 Å². The van der Waals surface area contributed by atoms with Gasteiger partial charge in [0, 0.05) is 30.2 Å². The highest BCUT2D eigenvalue weighted by atomic mass is 79.9. The fourth-order valence-electron chi connectivity index (χ4n) is 2.08. The van der Waals surface area contributed by atoms with E-state index in [9.17, 15) is 4.79 Å². The van der Waals surface area contributed by atoms with Crippen LogP contribution >= 0.6 is 27.7 Å². The Labute approximate surface area is 143 Å². The van der Waals surface area contributed by atoms with Crippen LogP contribution in [0, 0.1) is 0 Å². The minimum Gasteiger partial charge on any atom is -0.343 e. The predicted molar refractivity (Wildman–Crippen MR) is 92.8 cm³/mol. The maximum Gasteiger partial charge on any atom is 0.233 e. The molecule has 0 aliphatic carbocycles. The van der Waals surface area contributed by atoms with Crippen LogP contribution in [0.3, 0.4) is 0 Å². The highest BCUT2D eigenvalue weighted by molar-refractivity contribution is 9.10. The van der Waals surface area contributed by atoms with Gasteiger partial charge in [-0.05, 0) is 26.0 Å². The van der Waals surface area contributed by atoms with E-state index in [-0.39, 0.29) is 5.91 Å². The molecule has 118 valence electrons. The quantitative estimate of drug-likeness (QED) is 0.719. The Morgan fingerprint density at radius 2 is 1.86 bits per heavy atom. The number of hydrogen-bond acceptors (Lipinski definition) is 4. The maximum absolute atomic E-state index is 12.0. The Morgan fingerprint density at radius 1 is 1.23 bits per heavy atom. The average Bonchev–Trinajstić information content (AvgIpc) is 2.88. The fourth-order valence-corrected chi connectivity index (χ4v) is 3.16. The number of amides is 1. The molecule has 0 fully saturated rings. The minimum atomic E-state index is 0.128. The second kappa shape index (κ2) is 7.78. The molecule has 0 saturated carbocycles. The van der Waals surface area contributed by atoms with Crippen LogP contribution in [0.2, 0.25) is 0 Å². The van der Waals surface area contributed by atoms with Crippen molar-refractivity contribution in [2.75, 3.05) is 18.8 Å². The zero-order valence-electron chi connectivity index (χ0n) is 12.9. The lowest BCUT2D eigenvalue weighted by molar-refractivity contribution is -0.127. The normalized spacial score (nSPS) is 10.7. The van der Waals surface area contributed by atoms with Crippen LogP contribution in [0.15, 0.2) is 33.9 Å². The highest BCUT2D eigenvalue weighted by Crippen LogP contribution is 2.24.